The molecule has 2 aromatic carbocycles. The van der Waals surface area contributed by atoms with Crippen LogP contribution in [0.2, 0.25) is 0 Å². The fourth-order valence-electron chi connectivity index (χ4n) is 2.13. The Kier molecular flexibility index (Phi) is 5.05. The number of aromatic nitrogens is 2. The molecule has 0 aliphatic rings. The number of carbonyl (C=O) groups is 1. The Labute approximate surface area is 153 Å². The first-order valence-electron chi connectivity index (χ1n) is 7.06. The maximum absolute atomic E-state index is 12.7. The highest BCUT2D eigenvalue weighted by Gasteiger charge is 2.30. The predicted molar refractivity (Wildman–Crippen MR) is 94.6 cm³/mol. The van der Waals surface area contributed by atoms with Crippen LogP contribution in [0.1, 0.15) is 5.56 Å². The van der Waals surface area contributed by atoms with Crippen LogP contribution in [-0.4, -0.2) is 21.6 Å². The van der Waals surface area contributed by atoms with Crippen molar-refractivity contribution in [1.82, 2.24) is 9.97 Å². The van der Waals surface area contributed by atoms with Gasteiger partial charge in [-0.3, -0.25) is 4.79 Å². The first-order valence-corrected chi connectivity index (χ1v) is 8.84. The van der Waals surface area contributed by atoms with E-state index in [1.807, 2.05) is 18.2 Å². The molecular weight excluding hydrogens is 419 g/mol. The molecule has 0 spiro atoms. The molecule has 0 saturated carbocycles. The zero-order valence-electron chi connectivity index (χ0n) is 12.5. The van der Waals surface area contributed by atoms with Crippen LogP contribution >= 0.6 is 27.7 Å². The number of fused-ring (bicyclic) bond motifs is 1. The highest BCUT2D eigenvalue weighted by atomic mass is 79.9. The molecular formula is C16H11BrF3N3OS. The minimum atomic E-state index is -4.45. The summed E-state index contributed by atoms with van der Waals surface area (Å²) in [5.74, 6) is -0.386. The molecule has 0 aliphatic heterocycles. The first kappa shape index (κ1) is 17.8. The number of H-pyrrole nitrogens is 1. The molecule has 4 nitrogen and oxygen atoms in total. The number of rotatable bonds is 4. The van der Waals surface area contributed by atoms with Crippen molar-refractivity contribution in [3.8, 4) is 0 Å². The van der Waals surface area contributed by atoms with Crippen LogP contribution in [0.5, 0.6) is 0 Å². The molecule has 1 heterocycles. The molecule has 0 fully saturated rings. The summed E-state index contributed by atoms with van der Waals surface area (Å²) in [7, 11) is 0. The van der Waals surface area contributed by atoms with E-state index in [0.29, 0.717) is 5.16 Å². The van der Waals surface area contributed by atoms with Gasteiger partial charge in [0.2, 0.25) is 5.91 Å². The van der Waals surface area contributed by atoms with Crippen molar-refractivity contribution in [2.45, 2.75) is 11.3 Å². The number of anilines is 1. The summed E-state index contributed by atoms with van der Waals surface area (Å²) in [5.41, 5.74) is 0.897. The van der Waals surface area contributed by atoms with Crippen LogP contribution in [0.25, 0.3) is 11.0 Å². The Hall–Kier alpha value is -2.00. The Morgan fingerprint density at radius 3 is 2.80 bits per heavy atom. The lowest BCUT2D eigenvalue weighted by Crippen LogP contribution is -2.15. The van der Waals surface area contributed by atoms with Crippen molar-refractivity contribution < 1.29 is 18.0 Å². The van der Waals surface area contributed by atoms with Crippen molar-refractivity contribution in [3.63, 3.8) is 0 Å². The maximum atomic E-state index is 12.7. The molecule has 1 amide bonds. The van der Waals surface area contributed by atoms with Crippen LogP contribution < -0.4 is 5.32 Å². The number of thioether (sulfide) groups is 1. The maximum Gasteiger partial charge on any atom is 0.416 e. The topological polar surface area (TPSA) is 57.8 Å². The Balaban J connectivity index is 1.62. The standard InChI is InChI=1S/C16H11BrF3N3OS/c17-10-4-5-12-13(7-10)23-15(22-12)25-8-14(24)21-11-3-1-2-9(6-11)16(18,19)20/h1-7H,8H2,(H,21,24)(H,22,23). The summed E-state index contributed by atoms with van der Waals surface area (Å²) in [6.45, 7) is 0. The number of hydrogen-bond donors (Lipinski definition) is 2. The van der Waals surface area contributed by atoms with Gasteiger partial charge in [-0.25, -0.2) is 4.98 Å². The first-order chi connectivity index (χ1) is 11.8. The molecule has 3 aromatic rings. The van der Waals surface area contributed by atoms with Crippen LogP contribution in [-0.2, 0) is 11.0 Å². The third-order valence-corrected chi connectivity index (χ3v) is 4.60. The van der Waals surface area contributed by atoms with Gasteiger partial charge in [0.1, 0.15) is 0 Å². The molecule has 9 heteroatoms. The smallest absolute Gasteiger partial charge is 0.333 e. The van der Waals surface area contributed by atoms with Gasteiger partial charge in [0.05, 0.1) is 22.3 Å². The summed E-state index contributed by atoms with van der Waals surface area (Å²) in [6.07, 6.45) is -4.45. The number of imidazole rings is 1. The monoisotopic (exact) mass is 429 g/mol. The highest BCUT2D eigenvalue weighted by Crippen LogP contribution is 2.30. The van der Waals surface area contributed by atoms with Crippen LogP contribution in [0.3, 0.4) is 0 Å². The third-order valence-electron chi connectivity index (χ3n) is 3.24. The summed E-state index contributed by atoms with van der Waals surface area (Å²) in [4.78, 5) is 19.4. The fourth-order valence-corrected chi connectivity index (χ4v) is 3.18. The van der Waals surface area contributed by atoms with E-state index in [9.17, 15) is 18.0 Å². The lowest BCUT2D eigenvalue weighted by atomic mass is 10.2. The van der Waals surface area contributed by atoms with Gasteiger partial charge in [0, 0.05) is 10.2 Å². The van der Waals surface area contributed by atoms with Crippen molar-refractivity contribution in [2.75, 3.05) is 11.1 Å². The number of alkyl halides is 3. The normalized spacial score (nSPS) is 11.7. The van der Waals surface area contributed by atoms with Crippen LogP contribution in [0, 0.1) is 0 Å². The Morgan fingerprint density at radius 2 is 2.04 bits per heavy atom. The summed E-state index contributed by atoms with van der Waals surface area (Å²) in [6, 6.07) is 10.1. The van der Waals surface area contributed by atoms with Crippen molar-refractivity contribution in [1.29, 1.82) is 0 Å². The molecule has 0 atom stereocenters. The highest BCUT2D eigenvalue weighted by molar-refractivity contribution is 9.10. The largest absolute Gasteiger partial charge is 0.416 e. The number of carbonyl (C=O) groups excluding carboxylic acids is 1. The zero-order chi connectivity index (χ0) is 18.0. The fraction of sp³-hybridized carbons (Fsp3) is 0.125. The van der Waals surface area contributed by atoms with Crippen molar-refractivity contribution in [2.24, 2.45) is 0 Å². The van der Waals surface area contributed by atoms with Crippen molar-refractivity contribution in [3.05, 3.63) is 52.5 Å². The molecule has 0 saturated heterocycles. The van der Waals surface area contributed by atoms with Gasteiger partial charge in [-0.15, -0.1) is 0 Å². The van der Waals surface area contributed by atoms with Gasteiger partial charge in [-0.2, -0.15) is 13.2 Å². The van der Waals surface area contributed by atoms with Gasteiger partial charge < -0.3 is 10.3 Å². The SMILES string of the molecule is O=C(CSc1nc2ccc(Br)cc2[nH]1)Nc1cccc(C(F)(F)F)c1. The quantitative estimate of drug-likeness (QED) is 0.568. The Morgan fingerprint density at radius 1 is 1.24 bits per heavy atom. The minimum absolute atomic E-state index is 0.0250. The number of aromatic amines is 1. The van der Waals surface area contributed by atoms with Gasteiger partial charge in [0.25, 0.3) is 0 Å². The number of benzene rings is 2. The summed E-state index contributed by atoms with van der Waals surface area (Å²) < 4.78 is 38.9. The average molecular weight is 430 g/mol. The van der Waals surface area contributed by atoms with E-state index >= 15 is 0 Å². The molecule has 25 heavy (non-hydrogen) atoms. The molecule has 3 rings (SSSR count). The average Bonchev–Trinajstić information content (AvgIpc) is 2.94. The summed E-state index contributed by atoms with van der Waals surface area (Å²) in [5, 5.41) is 3.02. The van der Waals surface area contributed by atoms with E-state index in [1.54, 1.807) is 0 Å². The second-order valence-corrected chi connectivity index (χ2v) is 7.00. The van der Waals surface area contributed by atoms with Crippen molar-refractivity contribution >= 4 is 50.3 Å². The van der Waals surface area contributed by atoms with E-state index in [-0.39, 0.29) is 11.4 Å². The van der Waals surface area contributed by atoms with Crippen LogP contribution in [0.15, 0.2) is 52.1 Å². The van der Waals surface area contributed by atoms with E-state index in [2.05, 4.69) is 31.2 Å². The lowest BCUT2D eigenvalue weighted by molar-refractivity contribution is -0.137. The van der Waals surface area contributed by atoms with Gasteiger partial charge >= 0.3 is 6.18 Å². The van der Waals surface area contributed by atoms with E-state index in [4.69, 9.17) is 0 Å². The van der Waals surface area contributed by atoms with Gasteiger partial charge in [0.15, 0.2) is 5.16 Å². The van der Waals surface area contributed by atoms with Gasteiger partial charge in [-0.1, -0.05) is 33.8 Å². The minimum Gasteiger partial charge on any atom is -0.333 e. The number of nitrogens with zero attached hydrogens (tertiary/aromatic N) is 1. The van der Waals surface area contributed by atoms with Gasteiger partial charge in [-0.05, 0) is 36.4 Å². The number of hydrogen-bond acceptors (Lipinski definition) is 3. The summed E-state index contributed by atoms with van der Waals surface area (Å²) >= 11 is 4.53. The Bertz CT molecular complexity index is 926. The molecule has 0 aliphatic carbocycles. The molecule has 1 aromatic heterocycles. The van der Waals surface area contributed by atoms with E-state index in [0.717, 1.165) is 27.6 Å². The van der Waals surface area contributed by atoms with E-state index in [1.165, 1.54) is 23.9 Å². The van der Waals surface area contributed by atoms with Crippen LogP contribution in [0.4, 0.5) is 18.9 Å². The van der Waals surface area contributed by atoms with E-state index < -0.39 is 17.6 Å². The number of nitrogens with one attached hydrogen (secondary N) is 2. The molecule has 0 radical (unpaired) electrons. The number of halogens is 4. The lowest BCUT2D eigenvalue weighted by Gasteiger charge is -2.09. The zero-order valence-corrected chi connectivity index (χ0v) is 14.9. The number of amides is 1. The molecule has 0 unspecified atom stereocenters. The molecule has 130 valence electrons. The molecule has 2 N–H and O–H groups in total. The second kappa shape index (κ2) is 7.09. The molecule has 0 bridgehead atoms. The predicted octanol–water partition coefficient (Wildman–Crippen LogP) is 5.08. The second-order valence-electron chi connectivity index (χ2n) is 5.12. The third kappa shape index (κ3) is 4.55.